The topological polar surface area (TPSA) is 81.7 Å². The van der Waals surface area contributed by atoms with E-state index in [2.05, 4.69) is 5.32 Å². The molecule has 1 unspecified atom stereocenters. The van der Waals surface area contributed by atoms with Crippen molar-refractivity contribution in [2.24, 2.45) is 0 Å². The summed E-state index contributed by atoms with van der Waals surface area (Å²) in [5.41, 5.74) is -0.520. The van der Waals surface area contributed by atoms with E-state index in [-0.39, 0.29) is 6.10 Å². The minimum absolute atomic E-state index is 0.324. The maximum atomic E-state index is 11.4. The van der Waals surface area contributed by atoms with Crippen molar-refractivity contribution in [1.29, 1.82) is 0 Å². The molecule has 0 bridgehead atoms. The summed E-state index contributed by atoms with van der Waals surface area (Å²) in [5.74, 6) is 0. The number of hydrogen-bond acceptors (Lipinski definition) is 5. The van der Waals surface area contributed by atoms with Crippen molar-refractivity contribution in [2.45, 2.75) is 65.1 Å². The first-order valence-corrected chi connectivity index (χ1v) is 8.70. The molecule has 1 atom stereocenters. The maximum absolute atomic E-state index is 11.4. The molecule has 0 heterocycles. The molecule has 0 spiro atoms. The third kappa shape index (κ3) is 12.2. The van der Waals surface area contributed by atoms with Crippen LogP contribution in [0.25, 0.3) is 0 Å². The molecule has 7 heteroatoms. The molecule has 0 aliphatic rings. The van der Waals surface area contributed by atoms with Crippen LogP contribution in [0.1, 0.15) is 53.4 Å². The van der Waals surface area contributed by atoms with Gasteiger partial charge in [0.15, 0.2) is 0 Å². The van der Waals surface area contributed by atoms with Gasteiger partial charge in [-0.2, -0.15) is 8.42 Å². The van der Waals surface area contributed by atoms with Crippen LogP contribution >= 0.6 is 0 Å². The fourth-order valence-electron chi connectivity index (χ4n) is 1.64. The summed E-state index contributed by atoms with van der Waals surface area (Å²) in [6.07, 6.45) is 3.01. The fourth-order valence-corrected chi connectivity index (χ4v) is 2.33. The van der Waals surface area contributed by atoms with Crippen LogP contribution in [0, 0.1) is 0 Å². The third-order valence-corrected chi connectivity index (χ3v) is 2.91. The van der Waals surface area contributed by atoms with E-state index in [9.17, 15) is 13.2 Å². The molecule has 0 radical (unpaired) electrons. The lowest BCUT2D eigenvalue weighted by atomic mass is 10.1. The van der Waals surface area contributed by atoms with Crippen molar-refractivity contribution in [2.75, 3.05) is 12.8 Å². The Balaban J connectivity index is 3.98. The monoisotopic (exact) mass is 309 g/mol. The van der Waals surface area contributed by atoms with Gasteiger partial charge in [0, 0.05) is 6.54 Å². The summed E-state index contributed by atoms with van der Waals surface area (Å²) < 4.78 is 32.3. The van der Waals surface area contributed by atoms with Crippen LogP contribution in [0.2, 0.25) is 0 Å². The lowest BCUT2D eigenvalue weighted by molar-refractivity contribution is 0.0524. The number of amides is 1. The summed E-state index contributed by atoms with van der Waals surface area (Å²) in [6.45, 7) is 7.79. The minimum Gasteiger partial charge on any atom is -0.444 e. The molecule has 120 valence electrons. The number of ether oxygens (including phenoxy) is 1. The number of alkyl carbamates (subject to hydrolysis) is 1. The van der Waals surface area contributed by atoms with Crippen molar-refractivity contribution in [3.8, 4) is 0 Å². The fraction of sp³-hybridized carbons (Fsp3) is 0.923. The molecule has 0 aromatic rings. The highest BCUT2D eigenvalue weighted by Crippen LogP contribution is 2.12. The molecule has 0 aliphatic heterocycles. The Bertz CT molecular complexity index is 386. The molecule has 1 N–H and O–H groups in total. The van der Waals surface area contributed by atoms with Gasteiger partial charge in [-0.05, 0) is 40.0 Å². The van der Waals surface area contributed by atoms with Crippen molar-refractivity contribution in [3.63, 3.8) is 0 Å². The first-order chi connectivity index (χ1) is 9.03. The van der Waals surface area contributed by atoms with Crippen molar-refractivity contribution in [1.82, 2.24) is 5.32 Å². The Labute approximate surface area is 122 Å². The van der Waals surface area contributed by atoms with Gasteiger partial charge in [0.05, 0.1) is 12.4 Å². The summed E-state index contributed by atoms with van der Waals surface area (Å²) in [4.78, 5) is 11.4. The SMILES string of the molecule is CCCC(CCCNC(=O)OC(C)(C)C)OS(C)(=O)=O. The van der Waals surface area contributed by atoms with E-state index in [1.165, 1.54) is 0 Å². The highest BCUT2D eigenvalue weighted by molar-refractivity contribution is 7.86. The molecule has 0 rings (SSSR count). The molecule has 0 saturated heterocycles. The van der Waals surface area contributed by atoms with E-state index in [0.717, 1.165) is 12.7 Å². The Morgan fingerprint density at radius 2 is 1.85 bits per heavy atom. The molecule has 0 aromatic heterocycles. The first kappa shape index (κ1) is 19.2. The molecule has 1 amide bonds. The van der Waals surface area contributed by atoms with Gasteiger partial charge < -0.3 is 10.1 Å². The van der Waals surface area contributed by atoms with Crippen LogP contribution in [0.15, 0.2) is 0 Å². The van der Waals surface area contributed by atoms with E-state index >= 15 is 0 Å². The van der Waals surface area contributed by atoms with E-state index in [1.54, 1.807) is 20.8 Å². The standard InChI is InChI=1S/C13H27NO5S/c1-6-8-11(19-20(5,16)17)9-7-10-14-12(15)18-13(2,3)4/h11H,6-10H2,1-5H3,(H,14,15). The van der Waals surface area contributed by atoms with Crippen LogP contribution in [-0.2, 0) is 19.0 Å². The van der Waals surface area contributed by atoms with Gasteiger partial charge in [-0.15, -0.1) is 0 Å². The van der Waals surface area contributed by atoms with Gasteiger partial charge in [-0.25, -0.2) is 4.79 Å². The molecule has 0 saturated carbocycles. The number of hydrogen-bond donors (Lipinski definition) is 1. The van der Waals surface area contributed by atoms with Gasteiger partial charge in [-0.1, -0.05) is 13.3 Å². The quantitative estimate of drug-likeness (QED) is 0.550. The Hall–Kier alpha value is -0.820. The lowest BCUT2D eigenvalue weighted by Gasteiger charge is -2.20. The Morgan fingerprint density at radius 1 is 1.25 bits per heavy atom. The van der Waals surface area contributed by atoms with Crippen LogP contribution in [0.5, 0.6) is 0 Å². The number of nitrogens with one attached hydrogen (secondary N) is 1. The van der Waals surface area contributed by atoms with E-state index in [0.29, 0.717) is 25.8 Å². The second kappa shape index (κ2) is 8.46. The molecular formula is C13H27NO5S. The van der Waals surface area contributed by atoms with Crippen LogP contribution < -0.4 is 5.32 Å². The molecule has 0 fully saturated rings. The zero-order valence-electron chi connectivity index (χ0n) is 13.1. The van der Waals surface area contributed by atoms with Crippen LogP contribution in [-0.4, -0.2) is 39.0 Å². The third-order valence-electron chi connectivity index (χ3n) is 2.29. The number of carbonyl (C=O) groups is 1. The van der Waals surface area contributed by atoms with Crippen molar-refractivity contribution in [3.05, 3.63) is 0 Å². The highest BCUT2D eigenvalue weighted by atomic mass is 32.2. The van der Waals surface area contributed by atoms with E-state index < -0.39 is 21.8 Å². The molecule has 20 heavy (non-hydrogen) atoms. The predicted octanol–water partition coefficient (Wildman–Crippen LogP) is 2.44. The van der Waals surface area contributed by atoms with Gasteiger partial charge in [-0.3, -0.25) is 4.18 Å². The second-order valence-corrected chi connectivity index (χ2v) is 7.38. The van der Waals surface area contributed by atoms with Gasteiger partial charge in [0.2, 0.25) is 0 Å². The highest BCUT2D eigenvalue weighted by Gasteiger charge is 2.17. The molecular weight excluding hydrogens is 282 g/mol. The zero-order chi connectivity index (χ0) is 15.8. The first-order valence-electron chi connectivity index (χ1n) is 6.88. The zero-order valence-corrected chi connectivity index (χ0v) is 13.9. The summed E-state index contributed by atoms with van der Waals surface area (Å²) >= 11 is 0. The summed E-state index contributed by atoms with van der Waals surface area (Å²) in [7, 11) is -3.44. The van der Waals surface area contributed by atoms with Crippen molar-refractivity contribution >= 4 is 16.2 Å². The largest absolute Gasteiger partial charge is 0.444 e. The van der Waals surface area contributed by atoms with E-state index in [4.69, 9.17) is 8.92 Å². The normalized spacial score (nSPS) is 13.8. The maximum Gasteiger partial charge on any atom is 0.407 e. The average molecular weight is 309 g/mol. The second-order valence-electron chi connectivity index (χ2n) is 5.78. The number of carbonyl (C=O) groups excluding carboxylic acids is 1. The molecule has 0 aliphatic carbocycles. The minimum atomic E-state index is -3.44. The van der Waals surface area contributed by atoms with Crippen molar-refractivity contribution < 1.29 is 22.1 Å². The summed E-state index contributed by atoms with van der Waals surface area (Å²) in [5, 5.41) is 2.63. The Kier molecular flexibility index (Phi) is 8.12. The smallest absolute Gasteiger partial charge is 0.407 e. The van der Waals surface area contributed by atoms with Gasteiger partial charge >= 0.3 is 6.09 Å². The summed E-state index contributed by atoms with van der Waals surface area (Å²) in [6, 6.07) is 0. The lowest BCUT2D eigenvalue weighted by Crippen LogP contribution is -2.33. The van der Waals surface area contributed by atoms with Gasteiger partial charge in [0.1, 0.15) is 5.60 Å². The Morgan fingerprint density at radius 3 is 2.30 bits per heavy atom. The molecule has 0 aromatic carbocycles. The van der Waals surface area contributed by atoms with E-state index in [1.807, 2.05) is 6.92 Å². The van der Waals surface area contributed by atoms with Crippen LogP contribution in [0.3, 0.4) is 0 Å². The average Bonchev–Trinajstić information content (AvgIpc) is 2.19. The van der Waals surface area contributed by atoms with Gasteiger partial charge in [0.25, 0.3) is 10.1 Å². The van der Waals surface area contributed by atoms with Crippen LogP contribution in [0.4, 0.5) is 4.79 Å². The predicted molar refractivity (Wildman–Crippen MR) is 78.1 cm³/mol. The number of rotatable bonds is 8. The molecule has 6 nitrogen and oxygen atoms in total.